The standard InChI is InChI=1S/C13H21NO3S2/c1-13(2,3)14-9-10-18(15)11-5-7-12(8-6-11)19(4,16)17/h5-8,14H,9-10H2,1-4H3. The lowest BCUT2D eigenvalue weighted by molar-refractivity contribution is 0.440. The minimum absolute atomic E-state index is 0.00431. The fourth-order valence-electron chi connectivity index (χ4n) is 1.48. The van der Waals surface area contributed by atoms with Gasteiger partial charge in [-0.05, 0) is 45.0 Å². The van der Waals surface area contributed by atoms with Crippen LogP contribution in [0, 0.1) is 0 Å². The van der Waals surface area contributed by atoms with E-state index >= 15 is 0 Å². The van der Waals surface area contributed by atoms with Gasteiger partial charge in [-0.25, -0.2) is 8.42 Å². The van der Waals surface area contributed by atoms with Crippen molar-refractivity contribution in [2.45, 2.75) is 36.1 Å². The SMILES string of the molecule is CC(C)(C)NCCS(=O)c1ccc(S(C)(=O)=O)cc1. The molecule has 1 rings (SSSR count). The second kappa shape index (κ2) is 6.15. The van der Waals surface area contributed by atoms with Crippen LogP contribution in [0.4, 0.5) is 0 Å². The Bertz CT molecular complexity index is 542. The maximum atomic E-state index is 12.0. The van der Waals surface area contributed by atoms with Crippen LogP contribution in [0.3, 0.4) is 0 Å². The molecule has 108 valence electrons. The molecule has 0 radical (unpaired) electrons. The van der Waals surface area contributed by atoms with Gasteiger partial charge in [-0.3, -0.25) is 4.21 Å². The van der Waals surface area contributed by atoms with Gasteiger partial charge in [-0.2, -0.15) is 0 Å². The minimum atomic E-state index is -3.19. The summed E-state index contributed by atoms with van der Waals surface area (Å²) in [6, 6.07) is 6.23. The molecule has 6 heteroatoms. The number of sulfone groups is 1. The first kappa shape index (κ1) is 16.3. The average Bonchev–Trinajstić information content (AvgIpc) is 2.26. The van der Waals surface area contributed by atoms with Crippen LogP contribution in [0.1, 0.15) is 20.8 Å². The molecule has 0 aromatic heterocycles. The zero-order chi connectivity index (χ0) is 14.7. The molecule has 0 saturated heterocycles. The molecule has 1 N–H and O–H groups in total. The summed E-state index contributed by atoms with van der Waals surface area (Å²) in [7, 11) is -4.30. The van der Waals surface area contributed by atoms with Crippen LogP contribution in [0.5, 0.6) is 0 Å². The predicted octanol–water partition coefficient (Wildman–Crippen LogP) is 1.59. The van der Waals surface area contributed by atoms with Gasteiger partial charge in [-0.1, -0.05) is 0 Å². The van der Waals surface area contributed by atoms with Crippen LogP contribution in [0.25, 0.3) is 0 Å². The van der Waals surface area contributed by atoms with Crippen molar-refractivity contribution < 1.29 is 12.6 Å². The Labute approximate surface area is 118 Å². The van der Waals surface area contributed by atoms with Gasteiger partial charge in [0.25, 0.3) is 0 Å². The Morgan fingerprint density at radius 1 is 1.16 bits per heavy atom. The number of benzene rings is 1. The summed E-state index contributed by atoms with van der Waals surface area (Å²) < 4.78 is 34.6. The molecule has 0 aliphatic carbocycles. The maximum absolute atomic E-state index is 12.0. The van der Waals surface area contributed by atoms with E-state index in [0.717, 1.165) is 6.26 Å². The van der Waals surface area contributed by atoms with Crippen molar-refractivity contribution in [1.29, 1.82) is 0 Å². The number of hydrogen-bond donors (Lipinski definition) is 1. The normalized spacial score (nSPS) is 14.3. The van der Waals surface area contributed by atoms with Crippen molar-refractivity contribution in [1.82, 2.24) is 5.32 Å². The van der Waals surface area contributed by atoms with Gasteiger partial charge < -0.3 is 5.32 Å². The van der Waals surface area contributed by atoms with E-state index in [4.69, 9.17) is 0 Å². The zero-order valence-corrected chi connectivity index (χ0v) is 13.4. The van der Waals surface area contributed by atoms with Crippen LogP contribution in [-0.4, -0.2) is 36.7 Å². The third kappa shape index (κ3) is 5.84. The Kier molecular flexibility index (Phi) is 5.29. The molecular formula is C13H21NO3S2. The van der Waals surface area contributed by atoms with Gasteiger partial charge >= 0.3 is 0 Å². The predicted molar refractivity (Wildman–Crippen MR) is 78.6 cm³/mol. The molecule has 0 spiro atoms. The van der Waals surface area contributed by atoms with Crippen LogP contribution >= 0.6 is 0 Å². The summed E-state index contributed by atoms with van der Waals surface area (Å²) in [5, 5.41) is 3.27. The number of rotatable bonds is 5. The molecule has 1 atom stereocenters. The summed E-state index contributed by atoms with van der Waals surface area (Å²) in [5.41, 5.74) is 0.00431. The first-order valence-electron chi connectivity index (χ1n) is 6.03. The quantitative estimate of drug-likeness (QED) is 0.897. The lowest BCUT2D eigenvalue weighted by Crippen LogP contribution is -2.38. The molecule has 1 aromatic carbocycles. The number of hydrogen-bond acceptors (Lipinski definition) is 4. The second-order valence-electron chi connectivity index (χ2n) is 5.47. The Hall–Kier alpha value is -0.720. The van der Waals surface area contributed by atoms with Gasteiger partial charge in [0.1, 0.15) is 0 Å². The fraction of sp³-hybridized carbons (Fsp3) is 0.538. The van der Waals surface area contributed by atoms with Gasteiger partial charge in [-0.15, -0.1) is 0 Å². The smallest absolute Gasteiger partial charge is 0.175 e. The van der Waals surface area contributed by atoms with Gasteiger partial charge in [0, 0.05) is 29.0 Å². The van der Waals surface area contributed by atoms with E-state index < -0.39 is 20.6 Å². The van der Waals surface area contributed by atoms with Crippen molar-refractivity contribution in [3.8, 4) is 0 Å². The molecule has 0 aliphatic rings. The zero-order valence-electron chi connectivity index (χ0n) is 11.8. The van der Waals surface area contributed by atoms with E-state index in [0.29, 0.717) is 17.2 Å². The van der Waals surface area contributed by atoms with Gasteiger partial charge in [0.15, 0.2) is 9.84 Å². The van der Waals surface area contributed by atoms with Crippen LogP contribution in [0.15, 0.2) is 34.1 Å². The summed E-state index contributed by atoms with van der Waals surface area (Å²) in [5.74, 6) is 0.509. The average molecular weight is 303 g/mol. The van der Waals surface area contributed by atoms with Crippen molar-refractivity contribution in [2.75, 3.05) is 18.6 Å². The van der Waals surface area contributed by atoms with E-state index in [1.807, 2.05) is 0 Å². The maximum Gasteiger partial charge on any atom is 0.175 e. The van der Waals surface area contributed by atoms with Crippen LogP contribution < -0.4 is 5.32 Å². The summed E-state index contributed by atoms with van der Waals surface area (Å²) >= 11 is 0. The third-order valence-electron chi connectivity index (χ3n) is 2.46. The molecule has 0 aliphatic heterocycles. The molecule has 0 fully saturated rings. The lowest BCUT2D eigenvalue weighted by Gasteiger charge is -2.20. The van der Waals surface area contributed by atoms with Crippen molar-refractivity contribution in [3.05, 3.63) is 24.3 Å². The topological polar surface area (TPSA) is 63.2 Å². The minimum Gasteiger partial charge on any atom is -0.311 e. The highest BCUT2D eigenvalue weighted by molar-refractivity contribution is 7.90. The monoisotopic (exact) mass is 303 g/mol. The molecule has 0 bridgehead atoms. The third-order valence-corrected chi connectivity index (χ3v) is 4.96. The molecule has 4 nitrogen and oxygen atoms in total. The summed E-state index contributed by atoms with van der Waals surface area (Å²) in [6.07, 6.45) is 1.16. The molecule has 1 aromatic rings. The molecule has 19 heavy (non-hydrogen) atoms. The fourth-order valence-corrected chi connectivity index (χ4v) is 3.07. The molecule has 0 amide bonds. The molecule has 1 unspecified atom stereocenters. The van der Waals surface area contributed by atoms with E-state index in [1.54, 1.807) is 12.1 Å². The second-order valence-corrected chi connectivity index (χ2v) is 9.06. The molecule has 0 heterocycles. The molecular weight excluding hydrogens is 282 g/mol. The van der Waals surface area contributed by atoms with Crippen LogP contribution in [0.2, 0.25) is 0 Å². The highest BCUT2D eigenvalue weighted by atomic mass is 32.2. The van der Waals surface area contributed by atoms with Crippen molar-refractivity contribution in [3.63, 3.8) is 0 Å². The van der Waals surface area contributed by atoms with Crippen molar-refractivity contribution >= 4 is 20.6 Å². The Morgan fingerprint density at radius 3 is 2.11 bits per heavy atom. The van der Waals surface area contributed by atoms with E-state index in [-0.39, 0.29) is 10.4 Å². The van der Waals surface area contributed by atoms with Gasteiger partial charge in [0.05, 0.1) is 15.7 Å². The highest BCUT2D eigenvalue weighted by Gasteiger charge is 2.11. The first-order chi connectivity index (χ1) is 8.59. The van der Waals surface area contributed by atoms with E-state index in [9.17, 15) is 12.6 Å². The van der Waals surface area contributed by atoms with Gasteiger partial charge in [0.2, 0.25) is 0 Å². The number of nitrogens with one attached hydrogen (secondary N) is 1. The van der Waals surface area contributed by atoms with Crippen molar-refractivity contribution in [2.24, 2.45) is 0 Å². The van der Waals surface area contributed by atoms with E-state index in [1.165, 1.54) is 12.1 Å². The first-order valence-corrected chi connectivity index (χ1v) is 9.24. The van der Waals surface area contributed by atoms with E-state index in [2.05, 4.69) is 26.1 Å². The highest BCUT2D eigenvalue weighted by Crippen LogP contribution is 2.13. The largest absolute Gasteiger partial charge is 0.311 e. The molecule has 0 saturated carbocycles. The summed E-state index contributed by atoms with van der Waals surface area (Å²) in [6.45, 7) is 6.81. The Morgan fingerprint density at radius 2 is 1.68 bits per heavy atom. The Balaban J connectivity index is 2.64. The summed E-state index contributed by atoms with van der Waals surface area (Å²) in [4.78, 5) is 0.907. The lowest BCUT2D eigenvalue weighted by atomic mass is 10.1. The van der Waals surface area contributed by atoms with Crippen LogP contribution in [-0.2, 0) is 20.6 Å².